The van der Waals surface area contributed by atoms with Crippen LogP contribution in [0.4, 0.5) is 5.69 Å². The second kappa shape index (κ2) is 8.48. The number of anilines is 1. The zero-order valence-corrected chi connectivity index (χ0v) is 16.2. The molecule has 3 aromatic rings. The van der Waals surface area contributed by atoms with Crippen molar-refractivity contribution in [1.82, 2.24) is 10.3 Å². The zero-order valence-electron chi connectivity index (χ0n) is 16.2. The molecular weight excluding hydrogens is 382 g/mol. The Morgan fingerprint density at radius 2 is 2.07 bits per heavy atom. The van der Waals surface area contributed by atoms with Crippen LogP contribution in [0.3, 0.4) is 0 Å². The molecule has 30 heavy (non-hydrogen) atoms. The predicted molar refractivity (Wildman–Crippen MR) is 112 cm³/mol. The van der Waals surface area contributed by atoms with E-state index < -0.39 is 5.91 Å². The van der Waals surface area contributed by atoms with Crippen LogP contribution in [0.25, 0.3) is 6.08 Å². The van der Waals surface area contributed by atoms with Crippen molar-refractivity contribution in [1.29, 1.82) is 0 Å². The summed E-state index contributed by atoms with van der Waals surface area (Å²) in [5.41, 5.74) is 2.47. The van der Waals surface area contributed by atoms with Gasteiger partial charge in [0.1, 0.15) is 5.75 Å². The minimum Gasteiger partial charge on any atom is -0.496 e. The molecule has 1 aliphatic heterocycles. The molecule has 150 valence electrons. The van der Waals surface area contributed by atoms with Crippen LogP contribution in [0.2, 0.25) is 0 Å². The van der Waals surface area contributed by atoms with Gasteiger partial charge in [0.15, 0.2) is 11.5 Å². The number of methoxy groups -OCH3 is 1. The van der Waals surface area contributed by atoms with Gasteiger partial charge in [0.2, 0.25) is 0 Å². The van der Waals surface area contributed by atoms with Gasteiger partial charge in [-0.15, -0.1) is 0 Å². The van der Waals surface area contributed by atoms with Crippen molar-refractivity contribution in [2.75, 3.05) is 12.4 Å². The topological polar surface area (TPSA) is 89.6 Å². The number of nitrogens with zero attached hydrogens (tertiary/aromatic N) is 1. The Balaban J connectivity index is 1.51. The molecule has 1 aromatic heterocycles. The Kier molecular flexibility index (Phi) is 5.43. The first-order chi connectivity index (χ1) is 14.6. The highest BCUT2D eigenvalue weighted by Crippen LogP contribution is 2.33. The van der Waals surface area contributed by atoms with Gasteiger partial charge in [-0.05, 0) is 42.0 Å². The monoisotopic (exact) mass is 401 g/mol. The lowest BCUT2D eigenvalue weighted by molar-refractivity contribution is -0.115. The van der Waals surface area contributed by atoms with E-state index in [1.807, 2.05) is 30.3 Å². The highest BCUT2D eigenvalue weighted by Gasteiger charge is 2.23. The lowest BCUT2D eigenvalue weighted by Crippen LogP contribution is -2.25. The van der Waals surface area contributed by atoms with Crippen LogP contribution in [0.5, 0.6) is 11.5 Å². The van der Waals surface area contributed by atoms with E-state index in [9.17, 15) is 9.59 Å². The van der Waals surface area contributed by atoms with E-state index in [0.29, 0.717) is 29.3 Å². The summed E-state index contributed by atoms with van der Waals surface area (Å²) in [4.78, 5) is 29.0. The van der Waals surface area contributed by atoms with Crippen LogP contribution < -0.4 is 20.1 Å². The number of ether oxygens (including phenoxy) is 2. The largest absolute Gasteiger partial charge is 0.496 e. The van der Waals surface area contributed by atoms with E-state index in [0.717, 1.165) is 11.1 Å². The molecule has 2 amide bonds. The van der Waals surface area contributed by atoms with Crippen molar-refractivity contribution in [3.8, 4) is 11.5 Å². The highest BCUT2D eigenvalue weighted by molar-refractivity contribution is 6.09. The molecule has 0 fully saturated rings. The second-order valence-corrected chi connectivity index (χ2v) is 6.56. The maximum absolute atomic E-state index is 12.5. The third kappa shape index (κ3) is 4.15. The van der Waals surface area contributed by atoms with Crippen LogP contribution in [0, 0.1) is 0 Å². The van der Waals surface area contributed by atoms with Crippen LogP contribution in [-0.2, 0) is 11.3 Å². The summed E-state index contributed by atoms with van der Waals surface area (Å²) in [6, 6.07) is 15.9. The normalized spacial score (nSPS) is 13.8. The van der Waals surface area contributed by atoms with Gasteiger partial charge in [0, 0.05) is 30.1 Å². The van der Waals surface area contributed by atoms with Crippen molar-refractivity contribution >= 4 is 23.6 Å². The Hall–Kier alpha value is -4.13. The summed E-state index contributed by atoms with van der Waals surface area (Å²) in [6.45, 7) is 0.360. The number of pyridine rings is 1. The van der Waals surface area contributed by atoms with Crippen molar-refractivity contribution in [2.24, 2.45) is 0 Å². The summed E-state index contributed by atoms with van der Waals surface area (Å²) in [5, 5.41) is 5.60. The number of hydrogen-bond donors (Lipinski definition) is 2. The van der Waals surface area contributed by atoms with E-state index in [2.05, 4.69) is 15.6 Å². The minimum absolute atomic E-state index is 0.140. The van der Waals surface area contributed by atoms with E-state index in [-0.39, 0.29) is 11.7 Å². The number of fused-ring (bicyclic) bond motifs is 1. The van der Waals surface area contributed by atoms with Crippen molar-refractivity contribution < 1.29 is 19.1 Å². The third-order valence-electron chi connectivity index (χ3n) is 4.54. The summed E-state index contributed by atoms with van der Waals surface area (Å²) >= 11 is 0. The van der Waals surface area contributed by atoms with Crippen LogP contribution in [-0.4, -0.2) is 23.9 Å². The van der Waals surface area contributed by atoms with Gasteiger partial charge in [-0.25, -0.2) is 0 Å². The fourth-order valence-electron chi connectivity index (χ4n) is 3.02. The first-order valence-electron chi connectivity index (χ1n) is 9.29. The van der Waals surface area contributed by atoms with Gasteiger partial charge >= 0.3 is 0 Å². The van der Waals surface area contributed by atoms with E-state index in [1.165, 1.54) is 0 Å². The van der Waals surface area contributed by atoms with Crippen LogP contribution in [0.15, 0.2) is 72.8 Å². The Bertz CT molecular complexity index is 1130. The van der Waals surface area contributed by atoms with Crippen LogP contribution >= 0.6 is 0 Å². The lowest BCUT2D eigenvalue weighted by atomic mass is 10.1. The molecule has 7 heteroatoms. The maximum Gasteiger partial charge on any atom is 0.291 e. The minimum atomic E-state index is -0.402. The number of aromatic nitrogens is 1. The molecule has 0 atom stereocenters. The first kappa shape index (κ1) is 19.2. The van der Waals surface area contributed by atoms with Crippen molar-refractivity contribution in [3.05, 3.63) is 89.4 Å². The molecule has 0 aliphatic carbocycles. The molecule has 0 saturated carbocycles. The number of amides is 2. The number of para-hydroxylation sites is 1. The number of rotatable bonds is 5. The molecule has 0 bridgehead atoms. The molecule has 0 radical (unpaired) electrons. The molecule has 4 rings (SSSR count). The van der Waals surface area contributed by atoms with E-state index in [1.54, 1.807) is 49.8 Å². The van der Waals surface area contributed by atoms with Gasteiger partial charge in [-0.2, -0.15) is 0 Å². The second-order valence-electron chi connectivity index (χ2n) is 6.56. The van der Waals surface area contributed by atoms with E-state index in [4.69, 9.17) is 9.47 Å². The van der Waals surface area contributed by atoms with Crippen molar-refractivity contribution in [2.45, 2.75) is 6.54 Å². The van der Waals surface area contributed by atoms with Crippen molar-refractivity contribution in [3.63, 3.8) is 0 Å². The predicted octanol–water partition coefficient (Wildman–Crippen LogP) is 3.39. The van der Waals surface area contributed by atoms with Gasteiger partial charge in [0.05, 0.1) is 12.8 Å². The highest BCUT2D eigenvalue weighted by atomic mass is 16.5. The number of benzene rings is 2. The summed E-state index contributed by atoms with van der Waals surface area (Å²) in [7, 11) is 1.56. The third-order valence-corrected chi connectivity index (χ3v) is 4.54. The molecule has 0 spiro atoms. The Morgan fingerprint density at radius 1 is 1.20 bits per heavy atom. The Morgan fingerprint density at radius 3 is 2.87 bits per heavy atom. The Labute approximate surface area is 173 Å². The first-order valence-corrected chi connectivity index (χ1v) is 9.29. The molecule has 7 nitrogen and oxygen atoms in total. The SMILES string of the molecule is COc1ccccc1/C=C1\Oc2ccc(C(=O)NCc3cccnc3)cc2NC1=O. The summed E-state index contributed by atoms with van der Waals surface area (Å²) in [5.74, 6) is 0.570. The number of carbonyl (C=O) groups excluding carboxylic acids is 2. The standard InChI is InChI=1S/C23H19N3O4/c1-29-19-7-3-2-6-16(19)12-21-23(28)26-18-11-17(8-9-20(18)30-21)22(27)25-14-15-5-4-10-24-13-15/h2-13H,14H2,1H3,(H,25,27)(H,26,28)/b21-12-. The number of hydrogen-bond acceptors (Lipinski definition) is 5. The molecular formula is C23H19N3O4. The molecule has 2 heterocycles. The van der Waals surface area contributed by atoms with Gasteiger partial charge in [-0.3, -0.25) is 14.6 Å². The fourth-order valence-corrected chi connectivity index (χ4v) is 3.02. The molecule has 0 saturated heterocycles. The molecule has 2 aromatic carbocycles. The van der Waals surface area contributed by atoms with E-state index >= 15 is 0 Å². The molecule has 1 aliphatic rings. The zero-order chi connectivity index (χ0) is 20.9. The smallest absolute Gasteiger partial charge is 0.291 e. The molecule has 0 unspecified atom stereocenters. The lowest BCUT2D eigenvalue weighted by Gasteiger charge is -2.20. The average molecular weight is 401 g/mol. The quantitative estimate of drug-likeness (QED) is 0.640. The van der Waals surface area contributed by atoms with Gasteiger partial charge < -0.3 is 20.1 Å². The molecule has 2 N–H and O–H groups in total. The fraction of sp³-hybridized carbons (Fsp3) is 0.0870. The van der Waals surface area contributed by atoms with Crippen LogP contribution in [0.1, 0.15) is 21.5 Å². The maximum atomic E-state index is 12.5. The van der Waals surface area contributed by atoms with Gasteiger partial charge in [0.25, 0.3) is 11.8 Å². The summed E-state index contributed by atoms with van der Waals surface area (Å²) < 4.78 is 11.1. The average Bonchev–Trinajstić information content (AvgIpc) is 2.78. The number of carbonyl (C=O) groups is 2. The number of nitrogens with one attached hydrogen (secondary N) is 2. The summed E-state index contributed by atoms with van der Waals surface area (Å²) in [6.07, 6.45) is 4.98. The van der Waals surface area contributed by atoms with Gasteiger partial charge in [-0.1, -0.05) is 24.3 Å².